The van der Waals surface area contributed by atoms with Gasteiger partial charge >= 0.3 is 0 Å². The van der Waals surface area contributed by atoms with Crippen LogP contribution in [0.15, 0.2) is 59.1 Å². The second kappa shape index (κ2) is 8.38. The maximum Gasteiger partial charge on any atom is 0.273 e. The molecule has 9 heteroatoms. The van der Waals surface area contributed by atoms with Gasteiger partial charge in [-0.3, -0.25) is 19.2 Å². The summed E-state index contributed by atoms with van der Waals surface area (Å²) in [4.78, 5) is 53.3. The molecular formula is C24H17BrCl2N2O4. The minimum Gasteiger partial charge on any atom is -0.292 e. The molecule has 5 rings (SSSR count). The van der Waals surface area contributed by atoms with Gasteiger partial charge in [-0.1, -0.05) is 63.4 Å². The van der Waals surface area contributed by atoms with Crippen molar-refractivity contribution < 1.29 is 19.2 Å². The summed E-state index contributed by atoms with van der Waals surface area (Å²) < 4.78 is 0.795. The smallest absolute Gasteiger partial charge is 0.273 e. The fraction of sp³-hybridized carbons (Fsp3) is 0.250. The number of halogens is 3. The van der Waals surface area contributed by atoms with Crippen molar-refractivity contribution in [2.24, 2.45) is 23.7 Å². The van der Waals surface area contributed by atoms with Crippen LogP contribution in [0.3, 0.4) is 0 Å². The van der Waals surface area contributed by atoms with Crippen molar-refractivity contribution in [2.75, 3.05) is 6.54 Å². The molecule has 0 spiro atoms. The van der Waals surface area contributed by atoms with E-state index in [-0.39, 0.29) is 27.4 Å². The van der Waals surface area contributed by atoms with Crippen LogP contribution < -0.4 is 0 Å². The summed E-state index contributed by atoms with van der Waals surface area (Å²) in [7, 11) is 0. The Morgan fingerprint density at radius 1 is 0.909 bits per heavy atom. The average Bonchev–Trinajstić information content (AvgIpc) is 3.48. The van der Waals surface area contributed by atoms with E-state index in [0.717, 1.165) is 20.9 Å². The number of hydrogen-bond acceptors (Lipinski definition) is 4. The lowest BCUT2D eigenvalue weighted by molar-refractivity contribution is -0.154. The molecule has 2 fully saturated rings. The molecule has 1 aliphatic heterocycles. The molecule has 0 aromatic heterocycles. The number of rotatable bonds is 5. The fourth-order valence-electron chi connectivity index (χ4n) is 5.00. The van der Waals surface area contributed by atoms with Gasteiger partial charge in [-0.25, -0.2) is 5.01 Å². The van der Waals surface area contributed by atoms with Crippen molar-refractivity contribution in [1.29, 1.82) is 0 Å². The van der Waals surface area contributed by atoms with E-state index >= 15 is 0 Å². The first-order chi connectivity index (χ1) is 15.8. The highest BCUT2D eigenvalue weighted by atomic mass is 79.9. The first-order valence-electron chi connectivity index (χ1n) is 10.4. The van der Waals surface area contributed by atoms with Crippen LogP contribution in [0.2, 0.25) is 10.0 Å². The van der Waals surface area contributed by atoms with Crippen molar-refractivity contribution in [2.45, 2.75) is 6.42 Å². The zero-order valence-corrected chi connectivity index (χ0v) is 20.2. The minimum absolute atomic E-state index is 0.0226. The second-order valence-corrected chi connectivity index (χ2v) is 10.1. The Kier molecular flexibility index (Phi) is 5.67. The predicted octanol–water partition coefficient (Wildman–Crippen LogP) is 4.80. The van der Waals surface area contributed by atoms with Crippen LogP contribution in [-0.4, -0.2) is 40.1 Å². The van der Waals surface area contributed by atoms with E-state index in [4.69, 9.17) is 23.2 Å². The summed E-state index contributed by atoms with van der Waals surface area (Å²) >= 11 is 15.4. The highest BCUT2D eigenvalue weighted by molar-refractivity contribution is 9.10. The Morgan fingerprint density at radius 2 is 1.48 bits per heavy atom. The van der Waals surface area contributed by atoms with Crippen LogP contribution in [0, 0.1) is 23.7 Å². The van der Waals surface area contributed by atoms with Gasteiger partial charge in [-0.2, -0.15) is 5.01 Å². The zero-order valence-electron chi connectivity index (χ0n) is 17.1. The number of carbonyl (C=O) groups excluding carboxylic acids is 4. The molecule has 2 aliphatic carbocycles. The number of imide groups is 1. The van der Waals surface area contributed by atoms with Crippen LogP contribution in [0.5, 0.6) is 0 Å². The van der Waals surface area contributed by atoms with E-state index in [1.54, 1.807) is 24.3 Å². The lowest BCUT2D eigenvalue weighted by Crippen LogP contribution is -2.52. The first-order valence-corrected chi connectivity index (χ1v) is 11.9. The quantitative estimate of drug-likeness (QED) is 0.306. The maximum atomic E-state index is 13.5. The van der Waals surface area contributed by atoms with E-state index < -0.39 is 41.9 Å². The third-order valence-corrected chi connectivity index (χ3v) is 7.82. The van der Waals surface area contributed by atoms with E-state index in [0.29, 0.717) is 5.56 Å². The van der Waals surface area contributed by atoms with E-state index in [2.05, 4.69) is 15.9 Å². The summed E-state index contributed by atoms with van der Waals surface area (Å²) in [5.41, 5.74) is 0.470. The van der Waals surface area contributed by atoms with Crippen LogP contribution in [-0.2, 0) is 9.59 Å². The molecule has 33 heavy (non-hydrogen) atoms. The minimum atomic E-state index is -0.680. The second-order valence-electron chi connectivity index (χ2n) is 8.41. The summed E-state index contributed by atoms with van der Waals surface area (Å²) in [6, 6.07) is 10.9. The topological polar surface area (TPSA) is 74.8 Å². The van der Waals surface area contributed by atoms with Gasteiger partial charge in [0.2, 0.25) is 0 Å². The number of hydrazine groups is 1. The number of ketones is 1. The van der Waals surface area contributed by atoms with Crippen molar-refractivity contribution in [3.8, 4) is 0 Å². The van der Waals surface area contributed by atoms with E-state index in [9.17, 15) is 19.2 Å². The standard InChI is InChI=1S/C24H17BrCl2N2O4/c25-16-6-3-12(4-7-16)19(30)11-28(22(31)15-5-8-17(26)18(27)10-15)29-23(32)20-13-1-2-14(9-13)21(20)24(29)33/h1-8,10,13-14,20-21H,9,11H2. The Morgan fingerprint density at radius 3 is 2.06 bits per heavy atom. The number of benzene rings is 2. The summed E-state index contributed by atoms with van der Waals surface area (Å²) in [6.45, 7) is -0.472. The largest absolute Gasteiger partial charge is 0.292 e. The third kappa shape index (κ3) is 3.72. The number of amides is 3. The molecule has 2 aromatic rings. The van der Waals surface area contributed by atoms with Crippen molar-refractivity contribution in [3.63, 3.8) is 0 Å². The number of Topliss-reactive ketones (excluding diaryl/α,β-unsaturated/α-hetero) is 1. The number of allylic oxidation sites excluding steroid dienone is 2. The lowest BCUT2D eigenvalue weighted by atomic mass is 9.85. The van der Waals surface area contributed by atoms with E-state index in [1.165, 1.54) is 18.2 Å². The summed E-state index contributed by atoms with van der Waals surface area (Å²) in [5.74, 6) is -3.02. The van der Waals surface area contributed by atoms with Crippen molar-refractivity contribution in [3.05, 3.63) is 80.3 Å². The average molecular weight is 548 g/mol. The monoisotopic (exact) mass is 546 g/mol. The molecule has 1 heterocycles. The predicted molar refractivity (Wildman–Crippen MR) is 126 cm³/mol. The van der Waals surface area contributed by atoms with Crippen LogP contribution >= 0.6 is 39.1 Å². The van der Waals surface area contributed by atoms with Gasteiger partial charge in [0.1, 0.15) is 6.54 Å². The van der Waals surface area contributed by atoms with Gasteiger partial charge in [-0.15, -0.1) is 0 Å². The number of hydrogen-bond donors (Lipinski definition) is 0. The molecule has 1 saturated heterocycles. The fourth-order valence-corrected chi connectivity index (χ4v) is 5.56. The number of carbonyl (C=O) groups is 4. The highest BCUT2D eigenvalue weighted by Crippen LogP contribution is 2.52. The molecule has 2 aromatic carbocycles. The number of fused-ring (bicyclic) bond motifs is 5. The normalized spacial score (nSPS) is 25.0. The molecule has 3 aliphatic rings. The molecule has 0 N–H and O–H groups in total. The Bertz CT molecular complexity index is 1200. The summed E-state index contributed by atoms with van der Waals surface area (Å²) in [5, 5.41) is 2.24. The van der Waals surface area contributed by atoms with Gasteiger partial charge in [0.05, 0.1) is 21.9 Å². The Labute approximate surface area is 208 Å². The molecule has 3 amide bonds. The van der Waals surface area contributed by atoms with Gasteiger partial charge in [-0.05, 0) is 48.6 Å². The number of nitrogens with zero attached hydrogens (tertiary/aromatic N) is 2. The third-order valence-electron chi connectivity index (χ3n) is 6.55. The molecular weight excluding hydrogens is 531 g/mol. The maximum absolute atomic E-state index is 13.5. The van der Waals surface area contributed by atoms with Gasteiger partial charge in [0.25, 0.3) is 17.7 Å². The molecule has 4 atom stereocenters. The van der Waals surface area contributed by atoms with Crippen LogP contribution in [0.1, 0.15) is 27.1 Å². The molecule has 0 radical (unpaired) electrons. The SMILES string of the molecule is O=C(CN(C(=O)c1ccc(Cl)c(Cl)c1)N1C(=O)C2C3C=CC(C3)C2C1=O)c1ccc(Br)cc1. The lowest BCUT2D eigenvalue weighted by Gasteiger charge is -2.31. The zero-order chi connectivity index (χ0) is 23.4. The molecule has 2 bridgehead atoms. The van der Waals surface area contributed by atoms with Gasteiger partial charge < -0.3 is 0 Å². The Balaban J connectivity index is 1.51. The van der Waals surface area contributed by atoms with Crippen molar-refractivity contribution in [1.82, 2.24) is 10.0 Å². The molecule has 6 nitrogen and oxygen atoms in total. The van der Waals surface area contributed by atoms with Gasteiger partial charge in [0, 0.05) is 15.6 Å². The van der Waals surface area contributed by atoms with Crippen LogP contribution in [0.25, 0.3) is 0 Å². The Hall–Kier alpha value is -2.48. The van der Waals surface area contributed by atoms with E-state index in [1.807, 2.05) is 12.2 Å². The van der Waals surface area contributed by atoms with Gasteiger partial charge in [0.15, 0.2) is 5.78 Å². The van der Waals surface area contributed by atoms with Crippen LogP contribution in [0.4, 0.5) is 0 Å². The van der Waals surface area contributed by atoms with Crippen molar-refractivity contribution >= 4 is 62.6 Å². The molecule has 168 valence electrons. The first kappa shape index (κ1) is 22.3. The molecule has 1 saturated carbocycles. The summed E-state index contributed by atoms with van der Waals surface area (Å²) in [6.07, 6.45) is 4.70. The molecule has 4 unspecified atom stereocenters. The highest BCUT2D eigenvalue weighted by Gasteiger charge is 2.61.